The monoisotopic (exact) mass is 191 g/mol. The second-order valence-electron chi connectivity index (χ2n) is 3.19. The summed E-state index contributed by atoms with van der Waals surface area (Å²) in [5.74, 6) is 0.872. The van der Waals surface area contributed by atoms with Crippen molar-refractivity contribution in [2.24, 2.45) is 5.73 Å². The van der Waals surface area contributed by atoms with E-state index in [1.807, 2.05) is 0 Å². The Labute approximate surface area is 79.1 Å². The Kier molecular flexibility index (Phi) is 9.57. The molecule has 0 aromatic heterocycles. The van der Waals surface area contributed by atoms with Crippen molar-refractivity contribution in [2.75, 3.05) is 18.6 Å². The summed E-state index contributed by atoms with van der Waals surface area (Å²) in [6.45, 7) is 0.818. The van der Waals surface area contributed by atoms with E-state index in [1.54, 1.807) is 6.26 Å². The highest BCUT2D eigenvalue weighted by molar-refractivity contribution is 7.90. The maximum absolute atomic E-state index is 10.7. The van der Waals surface area contributed by atoms with Crippen LogP contribution in [-0.2, 0) is 11.2 Å². The second kappa shape index (κ2) is 9.36. The van der Waals surface area contributed by atoms with Gasteiger partial charge in [0.2, 0.25) is 0 Å². The number of rotatable bonds is 8. The Hall–Kier alpha value is 0.270. The van der Waals surface area contributed by atoms with E-state index in [0.29, 0.717) is 0 Å². The zero-order valence-corrected chi connectivity index (χ0v) is 8.87. The molecule has 0 rings (SSSR count). The molecule has 0 aliphatic carbocycles. The predicted molar refractivity (Wildman–Crippen MR) is 55.7 cm³/mol. The standard InChI is InChI=1S/C9H21NOS/c1-12(11)9-7-5-3-2-4-6-8-10/h2-10H2,1H3. The minimum Gasteiger partial charge on any atom is -0.617 e. The van der Waals surface area contributed by atoms with Crippen LogP contribution in [0.25, 0.3) is 0 Å². The molecule has 12 heavy (non-hydrogen) atoms. The predicted octanol–water partition coefficient (Wildman–Crippen LogP) is 1.66. The first-order valence-corrected chi connectivity index (χ1v) is 6.50. The van der Waals surface area contributed by atoms with Gasteiger partial charge in [0, 0.05) is 0 Å². The summed E-state index contributed by atoms with van der Waals surface area (Å²) in [4.78, 5) is 0. The Morgan fingerprint density at radius 1 is 1.00 bits per heavy atom. The third-order valence-corrected chi connectivity index (χ3v) is 2.75. The molecule has 0 aliphatic rings. The van der Waals surface area contributed by atoms with Gasteiger partial charge >= 0.3 is 0 Å². The maximum atomic E-state index is 10.7. The van der Waals surface area contributed by atoms with Crippen LogP contribution in [0.2, 0.25) is 0 Å². The van der Waals surface area contributed by atoms with Crippen LogP contribution >= 0.6 is 0 Å². The minimum absolute atomic E-state index is 0.594. The first-order valence-electron chi connectivity index (χ1n) is 4.77. The van der Waals surface area contributed by atoms with Crippen LogP contribution < -0.4 is 5.73 Å². The van der Waals surface area contributed by atoms with Gasteiger partial charge in [-0.3, -0.25) is 0 Å². The highest BCUT2D eigenvalue weighted by Crippen LogP contribution is 2.05. The van der Waals surface area contributed by atoms with Crippen molar-refractivity contribution in [3.8, 4) is 0 Å². The SMILES string of the molecule is C[S+]([O-])CCCCCCCCN. The lowest BCUT2D eigenvalue weighted by atomic mass is 10.1. The molecule has 1 unspecified atom stereocenters. The molecule has 0 saturated carbocycles. The molecule has 2 N–H and O–H groups in total. The molecule has 0 aromatic carbocycles. The summed E-state index contributed by atoms with van der Waals surface area (Å²) in [7, 11) is 0. The normalized spacial score (nSPS) is 13.2. The molecular weight excluding hydrogens is 170 g/mol. The minimum atomic E-state index is -0.594. The first-order chi connectivity index (χ1) is 5.77. The molecule has 74 valence electrons. The molecule has 0 aliphatic heterocycles. The molecule has 0 radical (unpaired) electrons. The Bertz CT molecular complexity index is 88.6. The number of hydrogen-bond acceptors (Lipinski definition) is 2. The average Bonchev–Trinajstić information content (AvgIpc) is 2.02. The van der Waals surface area contributed by atoms with Crippen molar-refractivity contribution < 1.29 is 4.55 Å². The Morgan fingerprint density at radius 2 is 1.50 bits per heavy atom. The van der Waals surface area contributed by atoms with Crippen LogP contribution in [0, 0.1) is 0 Å². The summed E-state index contributed by atoms with van der Waals surface area (Å²) in [5.41, 5.74) is 5.37. The van der Waals surface area contributed by atoms with Crippen LogP contribution in [0.1, 0.15) is 38.5 Å². The van der Waals surface area contributed by atoms with Crippen molar-refractivity contribution >= 4 is 11.2 Å². The molecule has 0 aromatic rings. The fourth-order valence-electron chi connectivity index (χ4n) is 1.16. The third-order valence-electron chi connectivity index (χ3n) is 1.89. The quantitative estimate of drug-likeness (QED) is 0.468. The van der Waals surface area contributed by atoms with Crippen molar-refractivity contribution in [1.29, 1.82) is 0 Å². The van der Waals surface area contributed by atoms with Gasteiger partial charge in [0.1, 0.15) is 5.75 Å². The summed E-state index contributed by atoms with van der Waals surface area (Å²) in [6.07, 6.45) is 9.08. The van der Waals surface area contributed by atoms with Crippen molar-refractivity contribution in [2.45, 2.75) is 38.5 Å². The maximum Gasteiger partial charge on any atom is 0.105 e. The van der Waals surface area contributed by atoms with E-state index in [1.165, 1.54) is 25.7 Å². The fourth-order valence-corrected chi connectivity index (χ4v) is 1.77. The van der Waals surface area contributed by atoms with E-state index >= 15 is 0 Å². The van der Waals surface area contributed by atoms with Crippen LogP contribution in [0.5, 0.6) is 0 Å². The molecule has 0 fully saturated rings. The smallest absolute Gasteiger partial charge is 0.105 e. The van der Waals surface area contributed by atoms with Crippen LogP contribution in [0.15, 0.2) is 0 Å². The van der Waals surface area contributed by atoms with Gasteiger partial charge in [-0.05, 0) is 25.8 Å². The highest BCUT2D eigenvalue weighted by Gasteiger charge is 1.96. The van der Waals surface area contributed by atoms with Gasteiger partial charge in [-0.2, -0.15) is 0 Å². The zero-order valence-electron chi connectivity index (χ0n) is 8.05. The molecule has 0 spiro atoms. The Balaban J connectivity index is 2.82. The number of hydrogen-bond donors (Lipinski definition) is 1. The summed E-state index contributed by atoms with van der Waals surface area (Å²) in [6, 6.07) is 0. The summed E-state index contributed by atoms with van der Waals surface area (Å²) in [5, 5.41) is 0. The highest BCUT2D eigenvalue weighted by atomic mass is 32.2. The van der Waals surface area contributed by atoms with Crippen molar-refractivity contribution in [1.82, 2.24) is 0 Å². The van der Waals surface area contributed by atoms with E-state index in [9.17, 15) is 4.55 Å². The van der Waals surface area contributed by atoms with Crippen LogP contribution in [0.4, 0.5) is 0 Å². The number of unbranched alkanes of at least 4 members (excludes halogenated alkanes) is 5. The van der Waals surface area contributed by atoms with Crippen molar-refractivity contribution in [3.05, 3.63) is 0 Å². The molecule has 0 bridgehead atoms. The van der Waals surface area contributed by atoms with Gasteiger partial charge in [-0.15, -0.1) is 0 Å². The van der Waals surface area contributed by atoms with E-state index < -0.39 is 11.2 Å². The third kappa shape index (κ3) is 10.3. The zero-order chi connectivity index (χ0) is 9.23. The van der Waals surface area contributed by atoms with Crippen molar-refractivity contribution in [3.63, 3.8) is 0 Å². The molecule has 2 nitrogen and oxygen atoms in total. The summed E-state index contributed by atoms with van der Waals surface area (Å²) >= 11 is -0.594. The lowest BCUT2D eigenvalue weighted by Gasteiger charge is -2.03. The molecule has 0 saturated heterocycles. The Morgan fingerprint density at radius 3 is 2.00 bits per heavy atom. The van der Waals surface area contributed by atoms with Gasteiger partial charge < -0.3 is 10.3 Å². The largest absolute Gasteiger partial charge is 0.617 e. The molecule has 1 atom stereocenters. The van der Waals surface area contributed by atoms with E-state index in [0.717, 1.165) is 25.1 Å². The lowest BCUT2D eigenvalue weighted by Crippen LogP contribution is -2.02. The van der Waals surface area contributed by atoms with Gasteiger partial charge in [0.05, 0.1) is 6.26 Å². The molecule has 3 heteroatoms. The van der Waals surface area contributed by atoms with Gasteiger partial charge in [0.15, 0.2) is 0 Å². The van der Waals surface area contributed by atoms with Crippen LogP contribution in [0.3, 0.4) is 0 Å². The van der Waals surface area contributed by atoms with Gasteiger partial charge in [0.25, 0.3) is 0 Å². The van der Waals surface area contributed by atoms with Crippen LogP contribution in [-0.4, -0.2) is 23.1 Å². The molecule has 0 amide bonds. The van der Waals surface area contributed by atoms with Gasteiger partial charge in [-0.1, -0.05) is 30.4 Å². The lowest BCUT2D eigenvalue weighted by molar-refractivity contribution is 0.585. The second-order valence-corrected chi connectivity index (χ2v) is 4.74. The summed E-state index contributed by atoms with van der Waals surface area (Å²) < 4.78 is 10.7. The molecule has 0 heterocycles. The van der Waals surface area contributed by atoms with Gasteiger partial charge in [-0.25, -0.2) is 0 Å². The fraction of sp³-hybridized carbons (Fsp3) is 1.00. The average molecular weight is 191 g/mol. The molecular formula is C9H21NOS. The first kappa shape index (κ1) is 12.3. The number of nitrogens with two attached hydrogens (primary N) is 1. The van der Waals surface area contributed by atoms with E-state index in [-0.39, 0.29) is 0 Å². The van der Waals surface area contributed by atoms with E-state index in [4.69, 9.17) is 5.73 Å². The topological polar surface area (TPSA) is 49.1 Å². The van der Waals surface area contributed by atoms with E-state index in [2.05, 4.69) is 0 Å².